The quantitative estimate of drug-likeness (QED) is 0.786. The lowest BCUT2D eigenvalue weighted by Crippen LogP contribution is -2.23. The SMILES string of the molecule is CC1CCC(Oc2nsnc2Cl)CC1. The number of halogens is 1. The number of hydrogen-bond donors (Lipinski definition) is 0. The molecule has 0 atom stereocenters. The van der Waals surface area contributed by atoms with E-state index in [4.69, 9.17) is 16.3 Å². The summed E-state index contributed by atoms with van der Waals surface area (Å²) >= 11 is 6.90. The van der Waals surface area contributed by atoms with E-state index < -0.39 is 0 Å². The van der Waals surface area contributed by atoms with Gasteiger partial charge in [0, 0.05) is 0 Å². The number of hydrogen-bond acceptors (Lipinski definition) is 4. The van der Waals surface area contributed by atoms with Crippen LogP contribution in [0.15, 0.2) is 0 Å². The average molecular weight is 233 g/mol. The van der Waals surface area contributed by atoms with Gasteiger partial charge in [0.05, 0.1) is 11.7 Å². The minimum absolute atomic E-state index is 0.285. The standard InChI is InChI=1S/C9H13ClN2OS/c1-6-2-4-7(5-3-6)13-9-8(10)11-14-12-9/h6-7H,2-5H2,1H3. The van der Waals surface area contributed by atoms with Crippen molar-refractivity contribution >= 4 is 23.3 Å². The van der Waals surface area contributed by atoms with Crippen LogP contribution in [0.1, 0.15) is 32.6 Å². The molecule has 1 saturated carbocycles. The molecule has 1 aliphatic rings. The summed E-state index contributed by atoms with van der Waals surface area (Å²) in [6, 6.07) is 0. The third kappa shape index (κ3) is 2.36. The minimum Gasteiger partial charge on any atom is -0.472 e. The molecule has 0 aliphatic heterocycles. The van der Waals surface area contributed by atoms with Crippen molar-refractivity contribution in [1.82, 2.24) is 8.75 Å². The predicted molar refractivity (Wildman–Crippen MR) is 57.0 cm³/mol. The van der Waals surface area contributed by atoms with Gasteiger partial charge in [-0.05, 0) is 31.6 Å². The van der Waals surface area contributed by atoms with Crippen molar-refractivity contribution in [2.75, 3.05) is 0 Å². The van der Waals surface area contributed by atoms with Gasteiger partial charge in [-0.1, -0.05) is 18.5 Å². The summed E-state index contributed by atoms with van der Waals surface area (Å²) in [6.45, 7) is 2.29. The molecular formula is C9H13ClN2OS. The van der Waals surface area contributed by atoms with E-state index in [0.717, 1.165) is 30.5 Å². The zero-order valence-electron chi connectivity index (χ0n) is 8.07. The van der Waals surface area contributed by atoms with E-state index in [2.05, 4.69) is 15.7 Å². The number of nitrogens with zero attached hydrogens (tertiary/aromatic N) is 2. The first-order valence-electron chi connectivity index (χ1n) is 4.90. The Morgan fingerprint density at radius 3 is 2.57 bits per heavy atom. The molecule has 0 saturated heterocycles. The summed E-state index contributed by atoms with van der Waals surface area (Å²) in [4.78, 5) is 0. The van der Waals surface area contributed by atoms with Crippen LogP contribution in [-0.2, 0) is 0 Å². The van der Waals surface area contributed by atoms with Crippen LogP contribution in [0.2, 0.25) is 5.15 Å². The zero-order chi connectivity index (χ0) is 9.97. The molecule has 1 aliphatic carbocycles. The number of ether oxygens (including phenoxy) is 1. The van der Waals surface area contributed by atoms with Gasteiger partial charge in [0.25, 0.3) is 5.88 Å². The maximum Gasteiger partial charge on any atom is 0.265 e. The van der Waals surface area contributed by atoms with E-state index in [1.165, 1.54) is 12.8 Å². The zero-order valence-corrected chi connectivity index (χ0v) is 9.64. The molecule has 0 spiro atoms. The van der Waals surface area contributed by atoms with Gasteiger partial charge in [-0.15, -0.1) is 4.37 Å². The maximum absolute atomic E-state index is 5.80. The summed E-state index contributed by atoms with van der Waals surface area (Å²) in [5, 5.41) is 0.397. The van der Waals surface area contributed by atoms with Crippen LogP contribution in [0.3, 0.4) is 0 Å². The Morgan fingerprint density at radius 2 is 2.00 bits per heavy atom. The average Bonchev–Trinajstić information content (AvgIpc) is 2.56. The number of aromatic nitrogens is 2. The van der Waals surface area contributed by atoms with Crippen LogP contribution in [0, 0.1) is 5.92 Å². The highest BCUT2D eigenvalue weighted by Gasteiger charge is 2.21. The maximum atomic E-state index is 5.80. The predicted octanol–water partition coefficient (Wildman–Crippen LogP) is 3.15. The fourth-order valence-electron chi connectivity index (χ4n) is 1.75. The second-order valence-corrected chi connectivity index (χ2v) is 4.75. The Kier molecular flexibility index (Phi) is 3.23. The molecule has 0 aromatic carbocycles. The fourth-order valence-corrected chi connectivity index (χ4v) is 2.37. The van der Waals surface area contributed by atoms with Gasteiger partial charge in [-0.2, -0.15) is 4.37 Å². The first-order chi connectivity index (χ1) is 6.75. The normalized spacial score (nSPS) is 27.6. The third-order valence-corrected chi connectivity index (χ3v) is 3.52. The van der Waals surface area contributed by atoms with Gasteiger partial charge in [-0.3, -0.25) is 0 Å². The molecule has 78 valence electrons. The molecule has 1 aromatic rings. The molecule has 1 aromatic heterocycles. The van der Waals surface area contributed by atoms with Crippen molar-refractivity contribution in [2.45, 2.75) is 38.7 Å². The molecule has 0 unspecified atom stereocenters. The molecule has 1 heterocycles. The lowest BCUT2D eigenvalue weighted by molar-refractivity contribution is 0.131. The van der Waals surface area contributed by atoms with E-state index in [-0.39, 0.29) is 6.10 Å². The largest absolute Gasteiger partial charge is 0.472 e. The Hall–Kier alpha value is -0.350. The number of rotatable bonds is 2. The topological polar surface area (TPSA) is 35.0 Å². The van der Waals surface area contributed by atoms with Crippen molar-refractivity contribution in [1.29, 1.82) is 0 Å². The van der Waals surface area contributed by atoms with Crippen LogP contribution in [0.4, 0.5) is 0 Å². The lowest BCUT2D eigenvalue weighted by Gasteiger charge is -2.25. The van der Waals surface area contributed by atoms with Crippen molar-refractivity contribution in [3.05, 3.63) is 5.15 Å². The summed E-state index contributed by atoms with van der Waals surface area (Å²) in [5.74, 6) is 1.34. The van der Waals surface area contributed by atoms with Gasteiger partial charge in [0.15, 0.2) is 0 Å². The van der Waals surface area contributed by atoms with Gasteiger partial charge in [0.2, 0.25) is 5.15 Å². The molecule has 1 fully saturated rings. The van der Waals surface area contributed by atoms with Crippen LogP contribution in [0.5, 0.6) is 5.88 Å². The second kappa shape index (κ2) is 4.45. The van der Waals surface area contributed by atoms with E-state index in [0.29, 0.717) is 11.0 Å². The molecule has 5 heteroatoms. The molecule has 0 N–H and O–H groups in total. The summed E-state index contributed by atoms with van der Waals surface area (Å²) in [7, 11) is 0. The molecule has 0 radical (unpaired) electrons. The van der Waals surface area contributed by atoms with Crippen molar-refractivity contribution in [3.8, 4) is 5.88 Å². The molecule has 0 bridgehead atoms. The van der Waals surface area contributed by atoms with Crippen LogP contribution >= 0.6 is 23.3 Å². The third-order valence-electron chi connectivity index (χ3n) is 2.66. The molecular weight excluding hydrogens is 220 g/mol. The molecule has 0 amide bonds. The summed E-state index contributed by atoms with van der Waals surface area (Å²) in [6.07, 6.45) is 4.97. The Balaban J connectivity index is 1.89. The summed E-state index contributed by atoms with van der Waals surface area (Å²) in [5.41, 5.74) is 0. The molecule has 2 rings (SSSR count). The highest BCUT2D eigenvalue weighted by molar-refractivity contribution is 6.99. The van der Waals surface area contributed by atoms with Gasteiger partial charge in [0.1, 0.15) is 6.10 Å². The minimum atomic E-state index is 0.285. The van der Waals surface area contributed by atoms with E-state index in [1.807, 2.05) is 0 Å². The Bertz CT molecular complexity index is 297. The van der Waals surface area contributed by atoms with E-state index >= 15 is 0 Å². The van der Waals surface area contributed by atoms with Crippen LogP contribution < -0.4 is 4.74 Å². The monoisotopic (exact) mass is 232 g/mol. The first-order valence-corrected chi connectivity index (χ1v) is 6.01. The van der Waals surface area contributed by atoms with Crippen molar-refractivity contribution in [3.63, 3.8) is 0 Å². The van der Waals surface area contributed by atoms with Gasteiger partial charge >= 0.3 is 0 Å². The summed E-state index contributed by atoms with van der Waals surface area (Å²) < 4.78 is 13.6. The highest BCUT2D eigenvalue weighted by Crippen LogP contribution is 2.29. The van der Waals surface area contributed by atoms with Gasteiger partial charge in [-0.25, -0.2) is 0 Å². The highest BCUT2D eigenvalue weighted by atomic mass is 35.5. The van der Waals surface area contributed by atoms with Crippen molar-refractivity contribution in [2.24, 2.45) is 5.92 Å². The molecule has 3 nitrogen and oxygen atoms in total. The second-order valence-electron chi connectivity index (χ2n) is 3.86. The first kappa shape index (κ1) is 10.2. The van der Waals surface area contributed by atoms with Gasteiger partial charge < -0.3 is 4.74 Å². The van der Waals surface area contributed by atoms with Crippen molar-refractivity contribution < 1.29 is 4.74 Å². The van der Waals surface area contributed by atoms with Crippen LogP contribution in [-0.4, -0.2) is 14.9 Å². The van der Waals surface area contributed by atoms with E-state index in [9.17, 15) is 0 Å². The Morgan fingerprint density at radius 1 is 1.29 bits per heavy atom. The Labute approximate surface area is 92.8 Å². The smallest absolute Gasteiger partial charge is 0.265 e. The fraction of sp³-hybridized carbons (Fsp3) is 0.778. The van der Waals surface area contributed by atoms with Crippen LogP contribution in [0.25, 0.3) is 0 Å². The molecule has 14 heavy (non-hydrogen) atoms. The van der Waals surface area contributed by atoms with E-state index in [1.54, 1.807) is 0 Å². The lowest BCUT2D eigenvalue weighted by atomic mass is 9.89.